The first kappa shape index (κ1) is 24.4. The zero-order valence-electron chi connectivity index (χ0n) is 19.8. The molecule has 1 N–H and O–H groups in total. The lowest BCUT2D eigenvalue weighted by atomic mass is 9.79. The standard InChI is InChI=1S/C25H34O6S/c1-7-11-31-24-19(27-2)12-16(13-22(24)32-6)18-9-8-10-25(18,26)17-14-20(28-3)23(30-5)21(15-17)29-4/h12-15,18,26H,7-11H2,1-6H3. The highest BCUT2D eigenvalue weighted by atomic mass is 32.2. The van der Waals surface area contributed by atoms with Gasteiger partial charge in [0.15, 0.2) is 23.0 Å². The van der Waals surface area contributed by atoms with Crippen LogP contribution in [-0.4, -0.2) is 46.4 Å². The van der Waals surface area contributed by atoms with Crippen molar-refractivity contribution in [3.63, 3.8) is 0 Å². The van der Waals surface area contributed by atoms with E-state index in [9.17, 15) is 5.11 Å². The van der Waals surface area contributed by atoms with Crippen molar-refractivity contribution in [3.05, 3.63) is 35.4 Å². The molecule has 0 radical (unpaired) electrons. The third-order valence-corrected chi connectivity index (χ3v) is 6.87. The molecule has 7 heteroatoms. The highest BCUT2D eigenvalue weighted by molar-refractivity contribution is 7.98. The molecule has 0 bridgehead atoms. The molecule has 2 atom stereocenters. The van der Waals surface area contributed by atoms with Gasteiger partial charge in [0.2, 0.25) is 5.75 Å². The van der Waals surface area contributed by atoms with E-state index in [1.165, 1.54) is 0 Å². The van der Waals surface area contributed by atoms with Crippen molar-refractivity contribution >= 4 is 11.8 Å². The van der Waals surface area contributed by atoms with Crippen LogP contribution >= 0.6 is 11.8 Å². The molecule has 176 valence electrons. The van der Waals surface area contributed by atoms with E-state index in [1.54, 1.807) is 40.2 Å². The first-order valence-electron chi connectivity index (χ1n) is 10.9. The van der Waals surface area contributed by atoms with Crippen molar-refractivity contribution in [2.75, 3.05) is 41.3 Å². The van der Waals surface area contributed by atoms with Gasteiger partial charge in [-0.3, -0.25) is 0 Å². The Bertz CT molecular complexity index is 881. The minimum Gasteiger partial charge on any atom is -0.493 e. The van der Waals surface area contributed by atoms with E-state index in [1.807, 2.05) is 24.5 Å². The van der Waals surface area contributed by atoms with Crippen molar-refractivity contribution in [2.45, 2.75) is 49.0 Å². The van der Waals surface area contributed by atoms with Gasteiger partial charge in [-0.1, -0.05) is 6.92 Å². The molecule has 0 saturated heterocycles. The largest absolute Gasteiger partial charge is 0.493 e. The number of methoxy groups -OCH3 is 4. The number of benzene rings is 2. The van der Waals surface area contributed by atoms with Crippen LogP contribution in [0.25, 0.3) is 0 Å². The third kappa shape index (κ3) is 4.46. The molecule has 2 aromatic rings. The van der Waals surface area contributed by atoms with Gasteiger partial charge in [-0.25, -0.2) is 0 Å². The van der Waals surface area contributed by atoms with Crippen LogP contribution < -0.4 is 23.7 Å². The molecular weight excluding hydrogens is 428 g/mol. The molecule has 32 heavy (non-hydrogen) atoms. The predicted molar refractivity (Wildman–Crippen MR) is 127 cm³/mol. The topological polar surface area (TPSA) is 66.4 Å². The number of rotatable bonds is 10. The predicted octanol–water partition coefficient (Wildman–Crippen LogP) is 5.39. The summed E-state index contributed by atoms with van der Waals surface area (Å²) in [5, 5.41) is 12.0. The van der Waals surface area contributed by atoms with Crippen LogP contribution in [0.3, 0.4) is 0 Å². The fourth-order valence-electron chi connectivity index (χ4n) is 4.56. The Labute approximate surface area is 195 Å². The number of hydrogen-bond acceptors (Lipinski definition) is 7. The van der Waals surface area contributed by atoms with Crippen LogP contribution in [0.1, 0.15) is 49.7 Å². The van der Waals surface area contributed by atoms with Gasteiger partial charge in [0.1, 0.15) is 0 Å². The lowest BCUT2D eigenvalue weighted by Gasteiger charge is -2.32. The summed E-state index contributed by atoms with van der Waals surface area (Å²) >= 11 is 1.62. The first-order valence-corrected chi connectivity index (χ1v) is 12.1. The van der Waals surface area contributed by atoms with Crippen molar-refractivity contribution in [2.24, 2.45) is 0 Å². The summed E-state index contributed by atoms with van der Waals surface area (Å²) in [5.41, 5.74) is 0.716. The van der Waals surface area contributed by atoms with Gasteiger partial charge in [0, 0.05) is 5.92 Å². The van der Waals surface area contributed by atoms with E-state index in [0.717, 1.165) is 41.0 Å². The molecule has 1 aliphatic carbocycles. The van der Waals surface area contributed by atoms with Crippen LogP contribution in [0.2, 0.25) is 0 Å². The molecule has 0 aliphatic heterocycles. The summed E-state index contributed by atoms with van der Waals surface area (Å²) in [4.78, 5) is 1.01. The van der Waals surface area contributed by atoms with Crippen LogP contribution in [0.15, 0.2) is 29.2 Å². The summed E-state index contributed by atoms with van der Waals surface area (Å²) in [6.07, 6.45) is 5.35. The van der Waals surface area contributed by atoms with Gasteiger partial charge in [-0.2, -0.15) is 0 Å². The zero-order chi connectivity index (χ0) is 23.3. The van der Waals surface area contributed by atoms with Crippen molar-refractivity contribution in [1.82, 2.24) is 0 Å². The molecule has 2 unspecified atom stereocenters. The average molecular weight is 463 g/mol. The number of ether oxygens (including phenoxy) is 5. The summed E-state index contributed by atoms with van der Waals surface area (Å²) in [6, 6.07) is 7.83. The Morgan fingerprint density at radius 3 is 2.09 bits per heavy atom. The van der Waals surface area contributed by atoms with Gasteiger partial charge in [-0.05, 0) is 67.3 Å². The van der Waals surface area contributed by atoms with Crippen LogP contribution in [0, 0.1) is 0 Å². The first-order chi connectivity index (χ1) is 15.5. The normalized spacial score (nSPS) is 20.2. The minimum atomic E-state index is -1.07. The van der Waals surface area contributed by atoms with Crippen molar-refractivity contribution in [1.29, 1.82) is 0 Å². The monoisotopic (exact) mass is 462 g/mol. The van der Waals surface area contributed by atoms with Crippen LogP contribution in [0.4, 0.5) is 0 Å². The van der Waals surface area contributed by atoms with Gasteiger partial charge >= 0.3 is 0 Å². The van der Waals surface area contributed by atoms with Crippen LogP contribution in [0.5, 0.6) is 28.7 Å². The summed E-state index contributed by atoms with van der Waals surface area (Å²) in [6.45, 7) is 2.71. The maximum absolute atomic E-state index is 12.0. The molecule has 2 aromatic carbocycles. The van der Waals surface area contributed by atoms with E-state index in [2.05, 4.69) is 13.0 Å². The Balaban J connectivity index is 2.10. The molecule has 1 aliphatic rings. The Morgan fingerprint density at radius 2 is 1.56 bits per heavy atom. The lowest BCUT2D eigenvalue weighted by molar-refractivity contribution is 0.0253. The van der Waals surface area contributed by atoms with Crippen LogP contribution in [-0.2, 0) is 5.60 Å². The molecule has 3 rings (SSSR count). The SMILES string of the molecule is CCCOc1c(OC)cc(C2CCCC2(O)c2cc(OC)c(OC)c(OC)c2)cc1SC. The zero-order valence-corrected chi connectivity index (χ0v) is 20.6. The van der Waals surface area contributed by atoms with Gasteiger partial charge in [-0.15, -0.1) is 11.8 Å². The van der Waals surface area contributed by atoms with Gasteiger partial charge < -0.3 is 28.8 Å². The van der Waals surface area contributed by atoms with E-state index >= 15 is 0 Å². The lowest BCUT2D eigenvalue weighted by Crippen LogP contribution is -2.29. The summed E-state index contributed by atoms with van der Waals surface area (Å²) < 4.78 is 28.2. The molecule has 1 fully saturated rings. The van der Waals surface area contributed by atoms with Crippen molar-refractivity contribution < 1.29 is 28.8 Å². The number of aliphatic hydroxyl groups is 1. The second-order valence-electron chi connectivity index (χ2n) is 7.89. The summed E-state index contributed by atoms with van der Waals surface area (Å²) in [7, 11) is 6.40. The third-order valence-electron chi connectivity index (χ3n) is 6.13. The van der Waals surface area contributed by atoms with Crippen molar-refractivity contribution in [3.8, 4) is 28.7 Å². The van der Waals surface area contributed by atoms with E-state index in [0.29, 0.717) is 36.0 Å². The molecule has 0 aromatic heterocycles. The number of thioether (sulfide) groups is 1. The van der Waals surface area contributed by atoms with Gasteiger partial charge in [0.25, 0.3) is 0 Å². The average Bonchev–Trinajstić information content (AvgIpc) is 3.23. The second kappa shape index (κ2) is 10.6. The second-order valence-corrected chi connectivity index (χ2v) is 8.73. The molecule has 0 amide bonds. The minimum absolute atomic E-state index is 0.106. The van der Waals surface area contributed by atoms with E-state index < -0.39 is 5.60 Å². The molecule has 6 nitrogen and oxygen atoms in total. The smallest absolute Gasteiger partial charge is 0.203 e. The summed E-state index contributed by atoms with van der Waals surface area (Å²) in [5.74, 6) is 2.93. The molecule has 1 saturated carbocycles. The Morgan fingerprint density at radius 1 is 0.938 bits per heavy atom. The number of hydrogen-bond donors (Lipinski definition) is 1. The van der Waals surface area contributed by atoms with E-state index in [-0.39, 0.29) is 5.92 Å². The maximum atomic E-state index is 12.0. The highest BCUT2D eigenvalue weighted by Gasteiger charge is 2.45. The quantitative estimate of drug-likeness (QED) is 0.475. The molecule has 0 spiro atoms. The Hall–Kier alpha value is -2.25. The molecule has 0 heterocycles. The fraction of sp³-hybridized carbons (Fsp3) is 0.520. The van der Waals surface area contributed by atoms with Gasteiger partial charge in [0.05, 0.1) is 45.5 Å². The fourth-order valence-corrected chi connectivity index (χ4v) is 5.15. The molecular formula is C25H34O6S. The highest BCUT2D eigenvalue weighted by Crippen LogP contribution is 2.54. The van der Waals surface area contributed by atoms with E-state index in [4.69, 9.17) is 23.7 Å². The maximum Gasteiger partial charge on any atom is 0.203 e. The Kier molecular flexibility index (Phi) is 8.06.